The van der Waals surface area contributed by atoms with E-state index in [4.69, 9.17) is 34.8 Å². The highest BCUT2D eigenvalue weighted by molar-refractivity contribution is 7.07. The Bertz CT molecular complexity index is 1290. The topological polar surface area (TPSA) is 42.0 Å². The van der Waals surface area contributed by atoms with Gasteiger partial charge in [-0.05, 0) is 47.5 Å². The van der Waals surface area contributed by atoms with Gasteiger partial charge in [0, 0.05) is 26.0 Å². The predicted octanol–water partition coefficient (Wildman–Crippen LogP) is 6.99. The molecular formula is C23H15Cl3N4S. The number of halogens is 3. The van der Waals surface area contributed by atoms with Crippen molar-refractivity contribution in [2.24, 2.45) is 15.3 Å². The van der Waals surface area contributed by atoms with Gasteiger partial charge in [-0.15, -0.1) is 16.4 Å². The van der Waals surface area contributed by atoms with E-state index in [-0.39, 0.29) is 0 Å². The Morgan fingerprint density at radius 3 is 1.77 bits per heavy atom. The molecule has 0 bridgehead atoms. The fraction of sp³-hybridized carbons (Fsp3) is 0. The maximum atomic E-state index is 6.04. The van der Waals surface area contributed by atoms with Gasteiger partial charge in [0.25, 0.3) is 0 Å². The third kappa shape index (κ3) is 5.71. The molecule has 0 saturated heterocycles. The van der Waals surface area contributed by atoms with Gasteiger partial charge < -0.3 is 0 Å². The molecule has 1 heterocycles. The van der Waals surface area contributed by atoms with Gasteiger partial charge in [0.05, 0.1) is 18.1 Å². The summed E-state index contributed by atoms with van der Waals surface area (Å²) in [6.07, 6.45) is 3.43. The first-order valence-corrected chi connectivity index (χ1v) is 11.2. The molecule has 0 radical (unpaired) electrons. The number of aromatic nitrogens is 1. The highest BCUT2D eigenvalue weighted by atomic mass is 35.5. The molecule has 0 amide bonds. The quantitative estimate of drug-likeness (QED) is 0.216. The average Bonchev–Trinajstić information content (AvgIpc) is 3.18. The van der Waals surface area contributed by atoms with Crippen molar-refractivity contribution in [1.82, 2.24) is 4.68 Å². The maximum Gasteiger partial charge on any atom is 0.231 e. The zero-order valence-corrected chi connectivity index (χ0v) is 19.1. The van der Waals surface area contributed by atoms with Crippen molar-refractivity contribution in [3.63, 3.8) is 0 Å². The lowest BCUT2D eigenvalue weighted by atomic mass is 10.2. The minimum Gasteiger partial charge on any atom is -0.203 e. The van der Waals surface area contributed by atoms with Crippen molar-refractivity contribution in [3.05, 3.63) is 109 Å². The molecule has 8 heteroatoms. The van der Waals surface area contributed by atoms with Crippen LogP contribution in [-0.4, -0.2) is 17.1 Å². The summed E-state index contributed by atoms with van der Waals surface area (Å²) >= 11 is 19.4. The van der Waals surface area contributed by atoms with E-state index >= 15 is 0 Å². The van der Waals surface area contributed by atoms with Crippen LogP contribution >= 0.6 is 46.1 Å². The average molecular weight is 486 g/mol. The van der Waals surface area contributed by atoms with E-state index in [1.807, 2.05) is 78.2 Å². The summed E-state index contributed by atoms with van der Waals surface area (Å²) in [7, 11) is 0. The van der Waals surface area contributed by atoms with E-state index in [0.29, 0.717) is 19.9 Å². The summed E-state index contributed by atoms with van der Waals surface area (Å²) in [6, 6.07) is 22.4. The van der Waals surface area contributed by atoms with Crippen molar-refractivity contribution in [2.45, 2.75) is 0 Å². The number of rotatable bonds is 5. The summed E-state index contributed by atoms with van der Waals surface area (Å²) in [4.78, 5) is 0.625. The van der Waals surface area contributed by atoms with E-state index in [0.717, 1.165) is 22.4 Å². The largest absolute Gasteiger partial charge is 0.231 e. The molecule has 4 rings (SSSR count). The molecule has 4 aromatic rings. The molecule has 0 spiro atoms. The first-order valence-electron chi connectivity index (χ1n) is 9.17. The summed E-state index contributed by atoms with van der Waals surface area (Å²) in [5, 5.41) is 17.2. The second-order valence-electron chi connectivity index (χ2n) is 6.41. The van der Waals surface area contributed by atoms with Gasteiger partial charge in [-0.3, -0.25) is 0 Å². The Kier molecular flexibility index (Phi) is 6.99. The van der Waals surface area contributed by atoms with Crippen molar-refractivity contribution < 1.29 is 0 Å². The van der Waals surface area contributed by atoms with Gasteiger partial charge >= 0.3 is 0 Å². The maximum absolute atomic E-state index is 6.04. The SMILES string of the molecule is Clc1ccc(/C=N\N=c2\scc(-c3ccc(Cl)cc3)n2/N=C/c2ccc(Cl)cc2)cc1. The molecule has 31 heavy (non-hydrogen) atoms. The lowest BCUT2D eigenvalue weighted by Gasteiger charge is -2.03. The molecule has 3 aromatic carbocycles. The van der Waals surface area contributed by atoms with Crippen LogP contribution in [0.2, 0.25) is 15.1 Å². The molecule has 0 N–H and O–H groups in total. The summed E-state index contributed by atoms with van der Waals surface area (Å²) in [5.41, 5.74) is 3.67. The lowest BCUT2D eigenvalue weighted by Crippen LogP contribution is -2.11. The number of nitrogens with zero attached hydrogens (tertiary/aromatic N) is 4. The number of benzene rings is 3. The Morgan fingerprint density at radius 2 is 1.19 bits per heavy atom. The summed E-state index contributed by atoms with van der Waals surface area (Å²) in [5.74, 6) is 0. The Morgan fingerprint density at radius 1 is 0.677 bits per heavy atom. The zero-order valence-electron chi connectivity index (χ0n) is 16.0. The van der Waals surface area contributed by atoms with Crippen LogP contribution in [0.4, 0.5) is 0 Å². The van der Waals surface area contributed by atoms with E-state index in [1.165, 1.54) is 11.3 Å². The van der Waals surface area contributed by atoms with E-state index in [1.54, 1.807) is 17.1 Å². The zero-order chi connectivity index (χ0) is 21.6. The molecule has 0 saturated carbocycles. The van der Waals surface area contributed by atoms with Crippen molar-refractivity contribution in [1.29, 1.82) is 0 Å². The molecule has 0 aliphatic carbocycles. The minimum atomic E-state index is 0.625. The molecule has 0 aliphatic rings. The molecule has 0 fully saturated rings. The monoisotopic (exact) mass is 484 g/mol. The first kappa shape index (κ1) is 21.5. The van der Waals surface area contributed by atoms with E-state index in [9.17, 15) is 0 Å². The van der Waals surface area contributed by atoms with Crippen molar-refractivity contribution in [3.8, 4) is 11.3 Å². The fourth-order valence-electron chi connectivity index (χ4n) is 2.67. The Balaban J connectivity index is 1.72. The fourth-order valence-corrected chi connectivity index (χ4v) is 3.84. The molecular weight excluding hydrogens is 471 g/mol. The normalized spacial score (nSPS) is 12.3. The number of thiazole rings is 1. The van der Waals surface area contributed by atoms with Crippen molar-refractivity contribution >= 4 is 58.6 Å². The lowest BCUT2D eigenvalue weighted by molar-refractivity contribution is 0.838. The van der Waals surface area contributed by atoms with Crippen LogP contribution in [0.15, 0.2) is 93.5 Å². The molecule has 0 aliphatic heterocycles. The van der Waals surface area contributed by atoms with Crippen LogP contribution in [0.5, 0.6) is 0 Å². The van der Waals surface area contributed by atoms with Crippen LogP contribution in [0.1, 0.15) is 11.1 Å². The van der Waals surface area contributed by atoms with Crippen molar-refractivity contribution in [2.75, 3.05) is 0 Å². The van der Waals surface area contributed by atoms with Gasteiger partial charge in [0.15, 0.2) is 0 Å². The molecule has 0 atom stereocenters. The molecule has 1 aromatic heterocycles. The third-order valence-corrected chi connectivity index (χ3v) is 5.80. The van der Waals surface area contributed by atoms with Gasteiger partial charge in [-0.1, -0.05) is 71.2 Å². The molecule has 0 unspecified atom stereocenters. The smallest absolute Gasteiger partial charge is 0.203 e. The second-order valence-corrected chi connectivity index (χ2v) is 8.56. The first-order chi connectivity index (χ1) is 15.1. The third-order valence-electron chi connectivity index (χ3n) is 4.24. The van der Waals surface area contributed by atoms with Gasteiger partial charge in [-0.25, -0.2) is 4.68 Å². The predicted molar refractivity (Wildman–Crippen MR) is 132 cm³/mol. The minimum absolute atomic E-state index is 0.625. The van der Waals surface area contributed by atoms with Crippen LogP contribution in [0, 0.1) is 0 Å². The van der Waals surface area contributed by atoms with Crippen LogP contribution in [-0.2, 0) is 0 Å². The number of hydrogen-bond acceptors (Lipinski definition) is 4. The van der Waals surface area contributed by atoms with Gasteiger partial charge in [0.1, 0.15) is 0 Å². The number of hydrogen-bond donors (Lipinski definition) is 0. The highest BCUT2D eigenvalue weighted by Crippen LogP contribution is 2.22. The van der Waals surface area contributed by atoms with E-state index < -0.39 is 0 Å². The van der Waals surface area contributed by atoms with Crippen LogP contribution in [0.25, 0.3) is 11.3 Å². The Hall–Kier alpha value is -2.70. The second kappa shape index (κ2) is 10.1. The van der Waals surface area contributed by atoms with Gasteiger partial charge in [0.2, 0.25) is 4.80 Å². The molecule has 4 nitrogen and oxygen atoms in total. The Labute approximate surface area is 198 Å². The summed E-state index contributed by atoms with van der Waals surface area (Å²) in [6.45, 7) is 0. The summed E-state index contributed by atoms with van der Waals surface area (Å²) < 4.78 is 1.75. The highest BCUT2D eigenvalue weighted by Gasteiger charge is 2.07. The standard InChI is InChI=1S/C23H15Cl3N4S/c24-19-7-1-16(2-8-19)13-27-29-23-30(28-14-17-3-9-20(25)10-4-17)22(15-31-23)18-5-11-21(26)12-6-18/h1-15H/b27-13-,28-14+,29-23+. The van der Waals surface area contributed by atoms with Crippen LogP contribution < -0.4 is 4.80 Å². The van der Waals surface area contributed by atoms with E-state index in [2.05, 4.69) is 15.3 Å². The molecule has 154 valence electrons. The van der Waals surface area contributed by atoms with Crippen LogP contribution in [0.3, 0.4) is 0 Å². The van der Waals surface area contributed by atoms with Gasteiger partial charge in [-0.2, -0.15) is 10.2 Å².